The van der Waals surface area contributed by atoms with Crippen LogP contribution < -0.4 is 5.32 Å². The molecule has 1 N–H and O–H groups in total. The van der Waals surface area contributed by atoms with E-state index in [4.69, 9.17) is 4.74 Å². The lowest BCUT2D eigenvalue weighted by molar-refractivity contribution is -0.134. The first-order valence-electron chi connectivity index (χ1n) is 4.80. The molecule has 1 saturated carbocycles. The van der Waals surface area contributed by atoms with E-state index in [1.54, 1.807) is 7.11 Å². The van der Waals surface area contributed by atoms with Crippen LogP contribution in [0.5, 0.6) is 0 Å². The Labute approximate surface area is 81.8 Å². The van der Waals surface area contributed by atoms with Gasteiger partial charge in [0.2, 0.25) is 0 Å². The van der Waals surface area contributed by atoms with E-state index in [-0.39, 0.29) is 12.1 Å². The largest absolute Gasteiger partial charge is 0.390 e. The highest BCUT2D eigenvalue weighted by atomic mass is 19.4. The molecule has 0 amide bonds. The smallest absolute Gasteiger partial charge is 0.377 e. The van der Waals surface area contributed by atoms with E-state index >= 15 is 0 Å². The van der Waals surface area contributed by atoms with Crippen molar-refractivity contribution in [3.8, 4) is 0 Å². The lowest BCUT2D eigenvalue weighted by atomic mass is 9.80. The first-order valence-corrected chi connectivity index (χ1v) is 4.80. The molecule has 0 saturated heterocycles. The zero-order valence-electron chi connectivity index (χ0n) is 8.28. The maximum absolute atomic E-state index is 11.8. The number of hydrogen-bond donors (Lipinski definition) is 1. The van der Waals surface area contributed by atoms with Gasteiger partial charge in [-0.05, 0) is 19.3 Å². The van der Waals surface area contributed by atoms with Gasteiger partial charge in [0.25, 0.3) is 0 Å². The van der Waals surface area contributed by atoms with Gasteiger partial charge in [0.05, 0.1) is 12.0 Å². The highest BCUT2D eigenvalue weighted by Gasteiger charge is 2.36. The molecule has 0 aromatic rings. The Bertz CT molecular complexity index is 172. The Morgan fingerprint density at radius 2 is 2.00 bits per heavy atom. The molecule has 0 radical (unpaired) electrons. The van der Waals surface area contributed by atoms with Gasteiger partial charge in [-0.3, -0.25) is 0 Å². The van der Waals surface area contributed by atoms with Crippen molar-refractivity contribution in [2.45, 2.75) is 37.5 Å². The van der Waals surface area contributed by atoms with E-state index in [0.29, 0.717) is 6.54 Å². The summed E-state index contributed by atoms with van der Waals surface area (Å²) in [5, 5.41) is 2.79. The fourth-order valence-electron chi connectivity index (χ4n) is 1.57. The van der Waals surface area contributed by atoms with Crippen LogP contribution in [0.1, 0.15) is 25.7 Å². The minimum atomic E-state index is -4.06. The molecular formula is C9H16F3NO. The number of rotatable bonds is 5. The standard InChI is InChI=1S/C9H16F3NO/c1-14-8(3-2-4-8)7-13-6-5-9(10,11)12/h13H,2-7H2,1H3. The summed E-state index contributed by atoms with van der Waals surface area (Å²) in [4.78, 5) is 0. The van der Waals surface area contributed by atoms with Crippen molar-refractivity contribution in [2.75, 3.05) is 20.2 Å². The van der Waals surface area contributed by atoms with Crippen LogP contribution in [0.15, 0.2) is 0 Å². The number of halogens is 3. The minimum Gasteiger partial charge on any atom is -0.377 e. The minimum absolute atomic E-state index is 0.0192. The predicted octanol–water partition coefficient (Wildman–Crippen LogP) is 2.10. The van der Waals surface area contributed by atoms with Crippen molar-refractivity contribution in [1.29, 1.82) is 0 Å². The maximum atomic E-state index is 11.8. The first kappa shape index (κ1) is 11.8. The molecule has 0 aliphatic heterocycles. The molecule has 1 fully saturated rings. The quantitative estimate of drug-likeness (QED) is 0.703. The van der Waals surface area contributed by atoms with Gasteiger partial charge in [-0.15, -0.1) is 0 Å². The number of methoxy groups -OCH3 is 1. The molecule has 0 unspecified atom stereocenters. The van der Waals surface area contributed by atoms with Gasteiger partial charge >= 0.3 is 6.18 Å². The highest BCUT2D eigenvalue weighted by Crippen LogP contribution is 2.34. The Hall–Kier alpha value is -0.290. The van der Waals surface area contributed by atoms with Crippen molar-refractivity contribution in [3.63, 3.8) is 0 Å². The van der Waals surface area contributed by atoms with E-state index in [2.05, 4.69) is 5.32 Å². The molecule has 0 bridgehead atoms. The number of alkyl halides is 3. The van der Waals surface area contributed by atoms with Crippen LogP contribution >= 0.6 is 0 Å². The van der Waals surface area contributed by atoms with Crippen molar-refractivity contribution in [2.24, 2.45) is 0 Å². The Balaban J connectivity index is 2.09. The summed E-state index contributed by atoms with van der Waals surface area (Å²) in [5.74, 6) is 0. The average Bonchev–Trinajstić information content (AvgIpc) is 2.00. The summed E-state index contributed by atoms with van der Waals surface area (Å²) in [5.41, 5.74) is -0.189. The molecule has 0 aromatic heterocycles. The molecular weight excluding hydrogens is 195 g/mol. The molecule has 1 aliphatic rings. The van der Waals surface area contributed by atoms with E-state index in [9.17, 15) is 13.2 Å². The summed E-state index contributed by atoms with van der Waals surface area (Å²) in [6.45, 7) is 0.508. The van der Waals surface area contributed by atoms with Crippen LogP contribution in [-0.2, 0) is 4.74 Å². The lowest BCUT2D eigenvalue weighted by Crippen LogP contribution is -2.48. The monoisotopic (exact) mass is 211 g/mol. The molecule has 14 heavy (non-hydrogen) atoms. The van der Waals surface area contributed by atoms with Crippen molar-refractivity contribution in [3.05, 3.63) is 0 Å². The van der Waals surface area contributed by atoms with Gasteiger partial charge in [0, 0.05) is 20.2 Å². The number of ether oxygens (including phenoxy) is 1. The average molecular weight is 211 g/mol. The van der Waals surface area contributed by atoms with Gasteiger partial charge in [-0.2, -0.15) is 13.2 Å². The molecule has 0 aromatic carbocycles. The van der Waals surface area contributed by atoms with Gasteiger partial charge in [-0.25, -0.2) is 0 Å². The van der Waals surface area contributed by atoms with E-state index < -0.39 is 12.6 Å². The first-order chi connectivity index (χ1) is 6.47. The van der Waals surface area contributed by atoms with Gasteiger partial charge in [-0.1, -0.05) is 0 Å². The summed E-state index contributed by atoms with van der Waals surface area (Å²) in [6, 6.07) is 0. The number of hydrogen-bond acceptors (Lipinski definition) is 2. The maximum Gasteiger partial charge on any atom is 0.390 e. The fraction of sp³-hybridized carbons (Fsp3) is 1.00. The Kier molecular flexibility index (Phi) is 3.78. The van der Waals surface area contributed by atoms with Crippen molar-refractivity contribution >= 4 is 0 Å². The van der Waals surface area contributed by atoms with E-state index in [1.165, 1.54) is 0 Å². The normalized spacial score (nSPS) is 20.6. The van der Waals surface area contributed by atoms with Crippen molar-refractivity contribution < 1.29 is 17.9 Å². The van der Waals surface area contributed by atoms with Crippen LogP contribution in [-0.4, -0.2) is 32.0 Å². The second-order valence-electron chi connectivity index (χ2n) is 3.78. The molecule has 84 valence electrons. The Morgan fingerprint density at radius 1 is 1.36 bits per heavy atom. The van der Waals surface area contributed by atoms with Crippen LogP contribution in [0.4, 0.5) is 13.2 Å². The molecule has 2 nitrogen and oxygen atoms in total. The van der Waals surface area contributed by atoms with Crippen LogP contribution in [0, 0.1) is 0 Å². The molecule has 0 atom stereocenters. The van der Waals surface area contributed by atoms with Crippen molar-refractivity contribution in [1.82, 2.24) is 5.32 Å². The molecule has 0 heterocycles. The molecule has 1 aliphatic carbocycles. The third kappa shape index (κ3) is 3.46. The SMILES string of the molecule is COC1(CNCCC(F)(F)F)CCC1. The molecule has 1 rings (SSSR count). The second-order valence-corrected chi connectivity index (χ2v) is 3.78. The molecule has 0 spiro atoms. The van der Waals surface area contributed by atoms with Gasteiger partial charge in [0.1, 0.15) is 0 Å². The van der Waals surface area contributed by atoms with Crippen LogP contribution in [0.2, 0.25) is 0 Å². The third-order valence-corrected chi connectivity index (χ3v) is 2.73. The third-order valence-electron chi connectivity index (χ3n) is 2.73. The second kappa shape index (κ2) is 4.49. The van der Waals surface area contributed by atoms with E-state index in [0.717, 1.165) is 19.3 Å². The van der Waals surface area contributed by atoms with Gasteiger partial charge < -0.3 is 10.1 Å². The zero-order chi connectivity index (χ0) is 10.7. The zero-order valence-corrected chi connectivity index (χ0v) is 8.28. The summed E-state index contributed by atoms with van der Waals surface area (Å²) >= 11 is 0. The van der Waals surface area contributed by atoms with Gasteiger partial charge in [0.15, 0.2) is 0 Å². The van der Waals surface area contributed by atoms with E-state index in [1.807, 2.05) is 0 Å². The highest BCUT2D eigenvalue weighted by molar-refractivity contribution is 4.91. The summed E-state index contributed by atoms with van der Waals surface area (Å²) < 4.78 is 40.6. The molecule has 5 heteroatoms. The Morgan fingerprint density at radius 3 is 2.36 bits per heavy atom. The fourth-order valence-corrected chi connectivity index (χ4v) is 1.57. The van der Waals surface area contributed by atoms with Crippen LogP contribution in [0.3, 0.4) is 0 Å². The topological polar surface area (TPSA) is 21.3 Å². The summed E-state index contributed by atoms with van der Waals surface area (Å²) in [7, 11) is 1.62. The predicted molar refractivity (Wildman–Crippen MR) is 47.1 cm³/mol. The number of nitrogens with one attached hydrogen (secondary N) is 1. The van der Waals surface area contributed by atoms with Crippen LogP contribution in [0.25, 0.3) is 0 Å². The summed E-state index contributed by atoms with van der Waals surface area (Å²) in [6.07, 6.45) is -1.83. The lowest BCUT2D eigenvalue weighted by Gasteiger charge is -2.40.